The van der Waals surface area contributed by atoms with Crippen LogP contribution in [-0.2, 0) is 0 Å². The van der Waals surface area contributed by atoms with E-state index in [0.29, 0.717) is 17.2 Å². The SMILES string of the molecule is OC(c1cccc(OC2CC2)c1)c1ccc(Cl)c(F)c1. The molecule has 2 nitrogen and oxygen atoms in total. The maximum absolute atomic E-state index is 13.4. The molecule has 0 radical (unpaired) electrons. The van der Waals surface area contributed by atoms with E-state index in [1.54, 1.807) is 18.2 Å². The second-order valence-corrected chi connectivity index (χ2v) is 5.37. The Morgan fingerprint density at radius 2 is 1.90 bits per heavy atom. The molecule has 2 aromatic rings. The van der Waals surface area contributed by atoms with Crippen LogP contribution >= 0.6 is 11.6 Å². The normalized spacial score (nSPS) is 15.9. The molecule has 104 valence electrons. The minimum Gasteiger partial charge on any atom is -0.490 e. The van der Waals surface area contributed by atoms with Crippen LogP contribution in [0.1, 0.15) is 30.1 Å². The molecule has 2 aromatic carbocycles. The molecule has 1 aliphatic carbocycles. The van der Waals surface area contributed by atoms with Gasteiger partial charge in [0.15, 0.2) is 0 Å². The van der Waals surface area contributed by atoms with Crippen molar-refractivity contribution in [1.82, 2.24) is 0 Å². The van der Waals surface area contributed by atoms with Gasteiger partial charge in [0.1, 0.15) is 17.7 Å². The van der Waals surface area contributed by atoms with Gasteiger partial charge in [-0.25, -0.2) is 4.39 Å². The summed E-state index contributed by atoms with van der Waals surface area (Å²) >= 11 is 5.64. The minimum atomic E-state index is -0.899. The van der Waals surface area contributed by atoms with Crippen LogP contribution in [0.5, 0.6) is 5.75 Å². The second-order valence-electron chi connectivity index (χ2n) is 4.97. The Balaban J connectivity index is 1.84. The van der Waals surface area contributed by atoms with Crippen LogP contribution in [0.25, 0.3) is 0 Å². The summed E-state index contributed by atoms with van der Waals surface area (Å²) in [5, 5.41) is 10.4. The molecule has 0 aromatic heterocycles. The van der Waals surface area contributed by atoms with Gasteiger partial charge in [0.2, 0.25) is 0 Å². The van der Waals surface area contributed by atoms with E-state index in [1.165, 1.54) is 12.1 Å². The van der Waals surface area contributed by atoms with Gasteiger partial charge in [0.05, 0.1) is 11.1 Å². The summed E-state index contributed by atoms with van der Waals surface area (Å²) < 4.78 is 19.1. The van der Waals surface area contributed by atoms with Crippen LogP contribution in [0.15, 0.2) is 42.5 Å². The molecule has 1 aliphatic rings. The molecule has 20 heavy (non-hydrogen) atoms. The largest absolute Gasteiger partial charge is 0.490 e. The van der Waals surface area contributed by atoms with Crippen LogP contribution < -0.4 is 4.74 Å². The minimum absolute atomic E-state index is 0.0479. The topological polar surface area (TPSA) is 29.5 Å². The highest BCUT2D eigenvalue weighted by Crippen LogP contribution is 2.30. The third kappa shape index (κ3) is 2.94. The molecule has 0 saturated heterocycles. The van der Waals surface area contributed by atoms with Gasteiger partial charge in [-0.2, -0.15) is 0 Å². The highest BCUT2D eigenvalue weighted by Gasteiger charge is 2.23. The predicted octanol–water partition coefficient (Wildman–Crippen LogP) is 4.10. The third-order valence-corrected chi connectivity index (χ3v) is 3.57. The van der Waals surface area contributed by atoms with Gasteiger partial charge in [0, 0.05) is 0 Å². The first-order chi connectivity index (χ1) is 9.63. The summed E-state index contributed by atoms with van der Waals surface area (Å²) in [4.78, 5) is 0. The summed E-state index contributed by atoms with van der Waals surface area (Å²) in [6, 6.07) is 11.6. The lowest BCUT2D eigenvalue weighted by atomic mass is 10.0. The number of ether oxygens (including phenoxy) is 1. The highest BCUT2D eigenvalue weighted by molar-refractivity contribution is 6.30. The van der Waals surface area contributed by atoms with E-state index < -0.39 is 11.9 Å². The molecule has 0 spiro atoms. The number of aliphatic hydroxyl groups is 1. The number of hydrogen-bond acceptors (Lipinski definition) is 2. The molecule has 1 saturated carbocycles. The van der Waals surface area contributed by atoms with Crippen LogP contribution in [-0.4, -0.2) is 11.2 Å². The lowest BCUT2D eigenvalue weighted by Crippen LogP contribution is -2.02. The summed E-state index contributed by atoms with van der Waals surface area (Å²) in [6.45, 7) is 0. The lowest BCUT2D eigenvalue weighted by Gasteiger charge is -2.13. The Morgan fingerprint density at radius 1 is 1.15 bits per heavy atom. The Bertz CT molecular complexity index is 626. The smallest absolute Gasteiger partial charge is 0.142 e. The summed E-state index contributed by atoms with van der Waals surface area (Å²) in [7, 11) is 0. The van der Waals surface area contributed by atoms with Crippen molar-refractivity contribution >= 4 is 11.6 Å². The first-order valence-electron chi connectivity index (χ1n) is 6.53. The van der Waals surface area contributed by atoms with Crippen molar-refractivity contribution < 1.29 is 14.2 Å². The zero-order valence-electron chi connectivity index (χ0n) is 10.7. The Hall–Kier alpha value is -1.58. The molecule has 0 amide bonds. The lowest BCUT2D eigenvalue weighted by molar-refractivity contribution is 0.218. The Labute approximate surface area is 121 Å². The maximum atomic E-state index is 13.4. The van der Waals surface area contributed by atoms with E-state index in [2.05, 4.69) is 0 Å². The van der Waals surface area contributed by atoms with Gasteiger partial charge in [-0.1, -0.05) is 29.8 Å². The number of halogens is 2. The first kappa shape index (κ1) is 13.4. The van der Waals surface area contributed by atoms with Crippen LogP contribution in [0.4, 0.5) is 4.39 Å². The molecule has 4 heteroatoms. The maximum Gasteiger partial charge on any atom is 0.142 e. The zero-order valence-corrected chi connectivity index (χ0v) is 11.5. The van der Waals surface area contributed by atoms with E-state index in [4.69, 9.17) is 16.3 Å². The summed E-state index contributed by atoms with van der Waals surface area (Å²) in [5.41, 5.74) is 1.14. The number of rotatable bonds is 4. The monoisotopic (exact) mass is 292 g/mol. The summed E-state index contributed by atoms with van der Waals surface area (Å²) in [5.74, 6) is 0.201. The van der Waals surface area contributed by atoms with E-state index in [9.17, 15) is 9.50 Å². The number of hydrogen-bond donors (Lipinski definition) is 1. The zero-order chi connectivity index (χ0) is 14.1. The highest BCUT2D eigenvalue weighted by atomic mass is 35.5. The standard InChI is InChI=1S/C16H14ClFO2/c17-14-7-4-11(9-15(14)18)16(19)10-2-1-3-13(8-10)20-12-5-6-12/h1-4,7-9,12,16,19H,5-6H2. The van der Waals surface area contributed by atoms with Gasteiger partial charge in [0.25, 0.3) is 0 Å². The Kier molecular flexibility index (Phi) is 3.64. The quantitative estimate of drug-likeness (QED) is 0.919. The molecule has 1 unspecified atom stereocenters. The molecule has 1 N–H and O–H groups in total. The van der Waals surface area contributed by atoms with Crippen molar-refractivity contribution in [3.63, 3.8) is 0 Å². The molecule has 1 atom stereocenters. The number of benzene rings is 2. The molecule has 1 fully saturated rings. The van der Waals surface area contributed by atoms with Crippen molar-refractivity contribution in [2.75, 3.05) is 0 Å². The molecular weight excluding hydrogens is 279 g/mol. The number of aliphatic hydroxyl groups excluding tert-OH is 1. The van der Waals surface area contributed by atoms with E-state index in [0.717, 1.165) is 18.6 Å². The van der Waals surface area contributed by atoms with Gasteiger partial charge in [-0.15, -0.1) is 0 Å². The fourth-order valence-corrected chi connectivity index (χ4v) is 2.13. The molecule has 0 bridgehead atoms. The van der Waals surface area contributed by atoms with Crippen molar-refractivity contribution in [3.8, 4) is 5.75 Å². The summed E-state index contributed by atoms with van der Waals surface area (Å²) in [6.07, 6.45) is 1.56. The van der Waals surface area contributed by atoms with Crippen molar-refractivity contribution in [1.29, 1.82) is 0 Å². The third-order valence-electron chi connectivity index (χ3n) is 3.26. The van der Waals surface area contributed by atoms with Gasteiger partial charge < -0.3 is 9.84 Å². The van der Waals surface area contributed by atoms with Gasteiger partial charge >= 0.3 is 0 Å². The van der Waals surface area contributed by atoms with Crippen molar-refractivity contribution in [3.05, 3.63) is 64.4 Å². The van der Waals surface area contributed by atoms with E-state index >= 15 is 0 Å². The van der Waals surface area contributed by atoms with Crippen molar-refractivity contribution in [2.45, 2.75) is 25.0 Å². The van der Waals surface area contributed by atoms with Gasteiger partial charge in [-0.3, -0.25) is 0 Å². The van der Waals surface area contributed by atoms with Crippen molar-refractivity contribution in [2.24, 2.45) is 0 Å². The Morgan fingerprint density at radius 3 is 2.60 bits per heavy atom. The van der Waals surface area contributed by atoms with Crippen LogP contribution in [0.2, 0.25) is 5.02 Å². The first-order valence-corrected chi connectivity index (χ1v) is 6.91. The van der Waals surface area contributed by atoms with E-state index in [1.807, 2.05) is 12.1 Å². The molecule has 0 heterocycles. The average Bonchev–Trinajstić information content (AvgIpc) is 3.25. The predicted molar refractivity (Wildman–Crippen MR) is 75.6 cm³/mol. The fourth-order valence-electron chi connectivity index (χ4n) is 2.01. The average molecular weight is 293 g/mol. The van der Waals surface area contributed by atoms with Crippen LogP contribution in [0.3, 0.4) is 0 Å². The van der Waals surface area contributed by atoms with E-state index in [-0.39, 0.29) is 5.02 Å². The molecule has 3 rings (SSSR count). The molecule has 0 aliphatic heterocycles. The van der Waals surface area contributed by atoms with Crippen LogP contribution in [0, 0.1) is 5.82 Å². The molecular formula is C16H14ClFO2. The second kappa shape index (κ2) is 5.43. The van der Waals surface area contributed by atoms with Gasteiger partial charge in [-0.05, 0) is 48.2 Å². The fraction of sp³-hybridized carbons (Fsp3) is 0.250.